The van der Waals surface area contributed by atoms with E-state index in [1.807, 2.05) is 0 Å². The fourth-order valence-corrected chi connectivity index (χ4v) is 2.84. The first-order chi connectivity index (χ1) is 8.28. The van der Waals surface area contributed by atoms with Crippen molar-refractivity contribution in [3.63, 3.8) is 0 Å². The van der Waals surface area contributed by atoms with Gasteiger partial charge in [-0.2, -0.15) is 0 Å². The zero-order valence-electron chi connectivity index (χ0n) is 10.9. The Kier molecular flexibility index (Phi) is 7.53. The molecule has 1 aliphatic rings. The fourth-order valence-electron chi connectivity index (χ4n) is 2.49. The molecule has 0 unspecified atom stereocenters. The largest absolute Gasteiger partial charge is 0.319 e. The van der Waals surface area contributed by atoms with Crippen molar-refractivity contribution in [2.45, 2.75) is 19.4 Å². The van der Waals surface area contributed by atoms with Gasteiger partial charge in [-0.25, -0.2) is 0 Å². The molecule has 4 heteroatoms. The lowest BCUT2D eigenvalue weighted by atomic mass is 9.96. The monoisotopic (exact) mass is 380 g/mol. The van der Waals surface area contributed by atoms with E-state index >= 15 is 0 Å². The van der Waals surface area contributed by atoms with E-state index in [4.69, 9.17) is 0 Å². The number of halogens is 2. The SMILES string of the molecule is CNCC1CCN(Cc2ccc(I)cc2)CC1.Cl. The Hall–Kier alpha value is 0.160. The number of nitrogens with zero attached hydrogens (tertiary/aromatic N) is 1. The molecule has 2 rings (SSSR count). The van der Waals surface area contributed by atoms with Crippen molar-refractivity contribution < 1.29 is 0 Å². The molecule has 0 bridgehead atoms. The number of rotatable bonds is 4. The van der Waals surface area contributed by atoms with Crippen LogP contribution >= 0.6 is 35.0 Å². The van der Waals surface area contributed by atoms with Crippen molar-refractivity contribution in [3.05, 3.63) is 33.4 Å². The van der Waals surface area contributed by atoms with Crippen LogP contribution in [0, 0.1) is 9.49 Å². The summed E-state index contributed by atoms with van der Waals surface area (Å²) in [4.78, 5) is 2.58. The smallest absolute Gasteiger partial charge is 0.0233 e. The topological polar surface area (TPSA) is 15.3 Å². The minimum Gasteiger partial charge on any atom is -0.319 e. The van der Waals surface area contributed by atoms with E-state index in [0.717, 1.165) is 12.5 Å². The molecule has 18 heavy (non-hydrogen) atoms. The molecule has 0 amide bonds. The minimum atomic E-state index is 0. The van der Waals surface area contributed by atoms with Crippen LogP contribution in [0.25, 0.3) is 0 Å². The third kappa shape index (κ3) is 5.03. The van der Waals surface area contributed by atoms with Crippen molar-refractivity contribution in [3.8, 4) is 0 Å². The van der Waals surface area contributed by atoms with Gasteiger partial charge in [0.05, 0.1) is 0 Å². The number of hydrogen-bond donors (Lipinski definition) is 1. The number of likely N-dealkylation sites (tertiary alicyclic amines) is 1. The van der Waals surface area contributed by atoms with E-state index in [2.05, 4.69) is 64.1 Å². The van der Waals surface area contributed by atoms with Gasteiger partial charge in [0.15, 0.2) is 0 Å². The zero-order chi connectivity index (χ0) is 12.1. The maximum atomic E-state index is 3.29. The van der Waals surface area contributed by atoms with Gasteiger partial charge in [-0.15, -0.1) is 12.4 Å². The normalized spacial score (nSPS) is 17.4. The van der Waals surface area contributed by atoms with Gasteiger partial charge in [0.1, 0.15) is 0 Å². The maximum absolute atomic E-state index is 3.29. The van der Waals surface area contributed by atoms with Crippen molar-refractivity contribution in [2.75, 3.05) is 26.7 Å². The molecular weight excluding hydrogens is 359 g/mol. The number of nitrogens with one attached hydrogen (secondary N) is 1. The molecule has 0 saturated carbocycles. The first-order valence-corrected chi connectivity index (χ1v) is 7.47. The van der Waals surface area contributed by atoms with Crippen molar-refractivity contribution in [1.82, 2.24) is 10.2 Å². The molecule has 2 nitrogen and oxygen atoms in total. The summed E-state index contributed by atoms with van der Waals surface area (Å²) in [6.45, 7) is 4.79. The number of benzene rings is 1. The number of piperidine rings is 1. The molecule has 0 aliphatic carbocycles. The summed E-state index contributed by atoms with van der Waals surface area (Å²) >= 11 is 2.36. The van der Waals surface area contributed by atoms with Gasteiger partial charge < -0.3 is 5.32 Å². The molecule has 1 aromatic carbocycles. The molecule has 0 aromatic heterocycles. The van der Waals surface area contributed by atoms with Crippen molar-refractivity contribution in [1.29, 1.82) is 0 Å². The third-order valence-electron chi connectivity index (χ3n) is 3.52. The van der Waals surface area contributed by atoms with E-state index < -0.39 is 0 Å². The molecule has 1 fully saturated rings. The molecule has 102 valence electrons. The summed E-state index contributed by atoms with van der Waals surface area (Å²) in [6, 6.07) is 8.90. The lowest BCUT2D eigenvalue weighted by molar-refractivity contribution is 0.177. The molecule has 0 radical (unpaired) electrons. The highest BCUT2D eigenvalue weighted by Gasteiger charge is 2.18. The second-order valence-corrected chi connectivity index (χ2v) is 6.15. The van der Waals surface area contributed by atoms with E-state index in [9.17, 15) is 0 Å². The lowest BCUT2D eigenvalue weighted by Gasteiger charge is -2.31. The Balaban J connectivity index is 0.00000162. The summed E-state index contributed by atoms with van der Waals surface area (Å²) in [5.74, 6) is 0.882. The lowest BCUT2D eigenvalue weighted by Crippen LogP contribution is -2.36. The highest BCUT2D eigenvalue weighted by molar-refractivity contribution is 14.1. The first kappa shape index (κ1) is 16.2. The average molecular weight is 381 g/mol. The van der Waals surface area contributed by atoms with Crippen molar-refractivity contribution in [2.24, 2.45) is 5.92 Å². The Bertz CT molecular complexity index is 334. The molecule has 1 saturated heterocycles. The summed E-state index contributed by atoms with van der Waals surface area (Å²) in [5.41, 5.74) is 1.44. The first-order valence-electron chi connectivity index (χ1n) is 6.39. The summed E-state index contributed by atoms with van der Waals surface area (Å²) in [6.07, 6.45) is 2.68. The van der Waals surface area contributed by atoms with Crippen LogP contribution in [0.2, 0.25) is 0 Å². The van der Waals surface area contributed by atoms with Gasteiger partial charge in [-0.05, 0) is 85.7 Å². The van der Waals surface area contributed by atoms with Crippen LogP contribution in [0.5, 0.6) is 0 Å². The molecule has 1 heterocycles. The molecule has 0 atom stereocenters. The molecule has 0 spiro atoms. The fraction of sp³-hybridized carbons (Fsp3) is 0.571. The van der Waals surface area contributed by atoms with E-state index in [1.54, 1.807) is 0 Å². The quantitative estimate of drug-likeness (QED) is 0.807. The predicted octanol–water partition coefficient (Wildman–Crippen LogP) is 3.14. The molecule has 1 aliphatic heterocycles. The van der Waals surface area contributed by atoms with Crippen LogP contribution in [0.4, 0.5) is 0 Å². The number of hydrogen-bond acceptors (Lipinski definition) is 2. The Morgan fingerprint density at radius 2 is 1.83 bits per heavy atom. The minimum absolute atomic E-state index is 0. The van der Waals surface area contributed by atoms with E-state index in [0.29, 0.717) is 0 Å². The van der Waals surface area contributed by atoms with Gasteiger partial charge in [0, 0.05) is 10.1 Å². The highest BCUT2D eigenvalue weighted by atomic mass is 127. The second-order valence-electron chi connectivity index (χ2n) is 4.90. The molecule has 1 N–H and O–H groups in total. The summed E-state index contributed by atoms with van der Waals surface area (Å²) in [7, 11) is 2.05. The van der Waals surface area contributed by atoms with Crippen LogP contribution in [0.3, 0.4) is 0 Å². The zero-order valence-corrected chi connectivity index (χ0v) is 13.8. The summed E-state index contributed by atoms with van der Waals surface area (Å²) < 4.78 is 1.32. The van der Waals surface area contributed by atoms with Crippen LogP contribution in [0.1, 0.15) is 18.4 Å². The predicted molar refractivity (Wildman–Crippen MR) is 88.3 cm³/mol. The van der Waals surface area contributed by atoms with Crippen LogP contribution in [-0.2, 0) is 6.54 Å². The Labute approximate surface area is 130 Å². The van der Waals surface area contributed by atoms with Gasteiger partial charge in [-0.3, -0.25) is 4.90 Å². The maximum Gasteiger partial charge on any atom is 0.0233 e. The van der Waals surface area contributed by atoms with Crippen LogP contribution in [-0.4, -0.2) is 31.6 Å². The summed E-state index contributed by atoms with van der Waals surface area (Å²) in [5, 5.41) is 3.29. The van der Waals surface area contributed by atoms with E-state index in [-0.39, 0.29) is 12.4 Å². The third-order valence-corrected chi connectivity index (χ3v) is 4.24. The van der Waals surface area contributed by atoms with Gasteiger partial charge in [0.25, 0.3) is 0 Å². The van der Waals surface area contributed by atoms with E-state index in [1.165, 1.54) is 41.6 Å². The highest BCUT2D eigenvalue weighted by Crippen LogP contribution is 2.18. The van der Waals surface area contributed by atoms with Crippen LogP contribution < -0.4 is 5.32 Å². The molecular formula is C14H22ClIN2. The van der Waals surface area contributed by atoms with Gasteiger partial charge >= 0.3 is 0 Å². The average Bonchev–Trinajstić information content (AvgIpc) is 2.35. The van der Waals surface area contributed by atoms with Gasteiger partial charge in [0.2, 0.25) is 0 Å². The second kappa shape index (κ2) is 8.35. The Morgan fingerprint density at radius 1 is 1.22 bits per heavy atom. The molecule has 1 aromatic rings. The van der Waals surface area contributed by atoms with Gasteiger partial charge in [-0.1, -0.05) is 12.1 Å². The van der Waals surface area contributed by atoms with Crippen molar-refractivity contribution >= 4 is 35.0 Å². The standard InChI is InChI=1S/C14H21IN2.ClH/c1-16-10-12-6-8-17(9-7-12)11-13-2-4-14(15)5-3-13;/h2-5,12,16H,6-11H2,1H3;1H. The van der Waals surface area contributed by atoms with Crippen LogP contribution in [0.15, 0.2) is 24.3 Å². The Morgan fingerprint density at radius 3 is 2.39 bits per heavy atom.